The fraction of sp³-hybridized carbons (Fsp3) is 0.450. The fourth-order valence-electron chi connectivity index (χ4n) is 7.31. The van der Waals surface area contributed by atoms with E-state index < -0.39 is 21.7 Å². The van der Waals surface area contributed by atoms with Crippen LogP contribution in [0.2, 0.25) is 5.02 Å². The number of fused-ring (bicyclic) bond motifs is 3. The molecule has 2 amide bonds. The summed E-state index contributed by atoms with van der Waals surface area (Å²) in [4.78, 5) is 29.5. The molecule has 0 saturated heterocycles. The summed E-state index contributed by atoms with van der Waals surface area (Å²) in [5.74, 6) is 0.307. The Hall–Kier alpha value is -3.66. The van der Waals surface area contributed by atoms with Crippen LogP contribution in [0.4, 0.5) is 5.69 Å². The summed E-state index contributed by atoms with van der Waals surface area (Å²) in [6.45, 7) is 3.87. The summed E-state index contributed by atoms with van der Waals surface area (Å²) in [6.07, 6.45) is 10.3. The van der Waals surface area contributed by atoms with Crippen LogP contribution in [0.3, 0.4) is 0 Å². The molecule has 0 spiro atoms. The average molecular weight is 718 g/mol. The number of methoxy groups -OCH3 is 1. The first-order valence-corrected chi connectivity index (χ1v) is 19.9. The molecule has 6 rings (SSSR count). The molecule has 1 saturated carbocycles. The summed E-state index contributed by atoms with van der Waals surface area (Å²) in [6, 6.07) is 21.1. The second-order valence-corrected chi connectivity index (χ2v) is 16.4. The number of amides is 2. The number of hydrogen-bond donors (Lipinski definition) is 1. The molecule has 1 N–H and O–H groups in total. The van der Waals surface area contributed by atoms with Crippen molar-refractivity contribution in [1.82, 2.24) is 4.72 Å². The van der Waals surface area contributed by atoms with Gasteiger partial charge in [0, 0.05) is 37.2 Å². The highest BCUT2D eigenvalue weighted by atomic mass is 35.5. The molecule has 5 atom stereocenters. The van der Waals surface area contributed by atoms with Crippen molar-refractivity contribution in [2.45, 2.75) is 70.9 Å². The maximum Gasteiger partial charge on any atom is 0.286 e. The van der Waals surface area contributed by atoms with Crippen LogP contribution in [0.5, 0.6) is 5.75 Å². The Morgan fingerprint density at radius 1 is 1.08 bits per heavy atom. The molecule has 0 radical (unpaired) electrons. The van der Waals surface area contributed by atoms with E-state index in [1.807, 2.05) is 55.5 Å². The topological polar surface area (TPSA) is 97.3 Å². The third-order valence-electron chi connectivity index (χ3n) is 10.2. The van der Waals surface area contributed by atoms with Gasteiger partial charge in [-0.25, -0.2) is 4.21 Å². The van der Waals surface area contributed by atoms with Gasteiger partial charge in [-0.05, 0) is 110 Å². The van der Waals surface area contributed by atoms with Crippen LogP contribution in [0.1, 0.15) is 72.5 Å². The van der Waals surface area contributed by atoms with E-state index >= 15 is 0 Å². The molecule has 2 aliphatic heterocycles. The first kappa shape index (κ1) is 36.1. The Kier molecular flexibility index (Phi) is 12.0. The molecule has 3 aliphatic rings. The van der Waals surface area contributed by atoms with Gasteiger partial charge < -0.3 is 14.4 Å². The Morgan fingerprint density at radius 2 is 1.92 bits per heavy atom. The Morgan fingerprint density at radius 3 is 2.70 bits per heavy atom. The van der Waals surface area contributed by atoms with E-state index in [2.05, 4.69) is 38.3 Å². The van der Waals surface area contributed by atoms with E-state index in [1.54, 1.807) is 13.2 Å². The van der Waals surface area contributed by atoms with Gasteiger partial charge in [0.1, 0.15) is 15.7 Å². The molecule has 50 heavy (non-hydrogen) atoms. The smallest absolute Gasteiger partial charge is 0.286 e. The summed E-state index contributed by atoms with van der Waals surface area (Å²) >= 11 is 6.46. The lowest BCUT2D eigenvalue weighted by Gasteiger charge is -2.43. The van der Waals surface area contributed by atoms with Crippen molar-refractivity contribution in [1.29, 1.82) is 0 Å². The summed E-state index contributed by atoms with van der Waals surface area (Å²) in [7, 11) is -1.69. The molecule has 2 heterocycles. The van der Waals surface area contributed by atoms with Crippen molar-refractivity contribution in [3.05, 3.63) is 106 Å². The van der Waals surface area contributed by atoms with Gasteiger partial charge in [-0.1, -0.05) is 67.1 Å². The largest absolute Gasteiger partial charge is 0.491 e. The number of aryl methyl sites for hydroxylation is 2. The van der Waals surface area contributed by atoms with Gasteiger partial charge in [-0.2, -0.15) is 0 Å². The zero-order chi connectivity index (χ0) is 35.1. The molecule has 3 aromatic carbocycles. The van der Waals surface area contributed by atoms with Crippen molar-refractivity contribution < 1.29 is 23.3 Å². The van der Waals surface area contributed by atoms with Gasteiger partial charge >= 0.3 is 0 Å². The van der Waals surface area contributed by atoms with Crippen molar-refractivity contribution in [2.75, 3.05) is 30.9 Å². The van der Waals surface area contributed by atoms with Crippen LogP contribution in [-0.2, 0) is 38.8 Å². The summed E-state index contributed by atoms with van der Waals surface area (Å²) < 4.78 is 33.8. The number of benzene rings is 3. The molecule has 1 aliphatic carbocycles. The van der Waals surface area contributed by atoms with Gasteiger partial charge in [-0.3, -0.25) is 14.3 Å². The molecule has 8 nitrogen and oxygen atoms in total. The lowest BCUT2D eigenvalue weighted by atomic mass is 9.70. The number of anilines is 1. The molecule has 1 fully saturated rings. The quantitative estimate of drug-likeness (QED) is 0.269. The predicted molar refractivity (Wildman–Crippen MR) is 200 cm³/mol. The first-order valence-electron chi connectivity index (χ1n) is 17.8. The predicted octanol–water partition coefficient (Wildman–Crippen LogP) is 7.97. The molecule has 0 aromatic heterocycles. The number of nitrogens with one attached hydrogen (secondary N) is 1. The van der Waals surface area contributed by atoms with Gasteiger partial charge in [0.25, 0.3) is 5.91 Å². The minimum absolute atomic E-state index is 0.0450. The number of rotatable bonds is 5. The standard InChI is InChI=1S/C40H48ClN3O5S/c1-28-9-8-13-37(48-2)35-19-16-33(35)26-44-25-32-15-18-34(41)23-30(32)12-6-7-22-49-38-20-17-31(24-36(38)44)40(46)43-50(47,27-28)42-39(45)21-14-29-10-4-3-5-11-29/h3-5,8,10-11,13,15,17-18,20,23-24,28,33,35,37H,6-7,9,12,14,16,19,21-22,25-27H2,1-2H3,(H,42,43,45,46,47)/b13-8+/t28-,33-,35+,37-,50?/m0/s1. The zero-order valence-electron chi connectivity index (χ0n) is 29.0. The second kappa shape index (κ2) is 16.6. The van der Waals surface area contributed by atoms with E-state index in [-0.39, 0.29) is 24.2 Å². The van der Waals surface area contributed by atoms with Crippen LogP contribution in [0.25, 0.3) is 0 Å². The maximum atomic E-state index is 14.5. The summed E-state index contributed by atoms with van der Waals surface area (Å²) in [5.41, 5.74) is 4.50. The van der Waals surface area contributed by atoms with Gasteiger partial charge in [0.15, 0.2) is 0 Å². The highest BCUT2D eigenvalue weighted by Gasteiger charge is 2.38. The Bertz CT molecular complexity index is 1820. The van der Waals surface area contributed by atoms with Crippen molar-refractivity contribution in [3.63, 3.8) is 0 Å². The van der Waals surface area contributed by atoms with Crippen LogP contribution >= 0.6 is 11.6 Å². The first-order chi connectivity index (χ1) is 24.2. The maximum absolute atomic E-state index is 14.5. The second-order valence-electron chi connectivity index (χ2n) is 14.0. The van der Waals surface area contributed by atoms with Crippen LogP contribution in [-0.4, -0.2) is 48.1 Å². The van der Waals surface area contributed by atoms with E-state index in [4.69, 9.17) is 21.1 Å². The molecular weight excluding hydrogens is 670 g/mol. The SMILES string of the molecule is CO[C@H]1/C=C/C[C@H](C)CS(=O)(NC(=O)CCc2ccccc2)=NC(=O)c2ccc3c(c2)N(Cc2ccc(Cl)cc2CCCCO3)C[C@@H]2CC[C@H]21. The third kappa shape index (κ3) is 9.16. The molecular formula is C40H48ClN3O5S. The minimum Gasteiger partial charge on any atom is -0.491 e. The molecule has 1 unspecified atom stereocenters. The molecule has 10 heteroatoms. The fourth-order valence-corrected chi connectivity index (χ4v) is 9.44. The van der Waals surface area contributed by atoms with Crippen LogP contribution in [0, 0.1) is 17.8 Å². The molecule has 266 valence electrons. The highest BCUT2D eigenvalue weighted by Crippen LogP contribution is 2.42. The van der Waals surface area contributed by atoms with E-state index in [9.17, 15) is 13.8 Å². The zero-order valence-corrected chi connectivity index (χ0v) is 30.6. The van der Waals surface area contributed by atoms with E-state index in [0.29, 0.717) is 49.1 Å². The number of ether oxygens (including phenoxy) is 2. The number of allylic oxidation sites excluding steroid dienone is 1. The summed E-state index contributed by atoms with van der Waals surface area (Å²) in [5, 5.41) is 0.719. The lowest BCUT2D eigenvalue weighted by Crippen LogP contribution is -2.43. The van der Waals surface area contributed by atoms with Gasteiger partial charge in [0.05, 0.1) is 24.2 Å². The number of carbonyl (C=O) groups is 2. The van der Waals surface area contributed by atoms with Crippen LogP contribution in [0.15, 0.2) is 83.2 Å². The Labute approximate surface area is 301 Å². The molecule has 3 aromatic rings. The van der Waals surface area contributed by atoms with Crippen molar-refractivity contribution >= 4 is 39.0 Å². The van der Waals surface area contributed by atoms with Gasteiger partial charge in [0.2, 0.25) is 5.91 Å². The normalized spacial score (nSPS) is 26.5. The van der Waals surface area contributed by atoms with E-state index in [1.165, 1.54) is 11.1 Å². The number of carbonyl (C=O) groups excluding carboxylic acids is 2. The number of halogens is 1. The molecule has 2 bridgehead atoms. The van der Waals surface area contributed by atoms with Crippen molar-refractivity contribution in [2.24, 2.45) is 22.1 Å². The van der Waals surface area contributed by atoms with Crippen LogP contribution < -0.4 is 14.4 Å². The number of hydrogen-bond acceptors (Lipinski definition) is 6. The third-order valence-corrected chi connectivity index (χ3v) is 12.4. The number of nitrogens with zero attached hydrogens (tertiary/aromatic N) is 2. The lowest BCUT2D eigenvalue weighted by molar-refractivity contribution is -0.119. The van der Waals surface area contributed by atoms with E-state index in [0.717, 1.165) is 54.9 Å². The van der Waals surface area contributed by atoms with Gasteiger partial charge in [-0.15, -0.1) is 4.36 Å². The average Bonchev–Trinajstić information content (AvgIpc) is 3.11. The highest BCUT2D eigenvalue weighted by molar-refractivity contribution is 7.92. The Balaban J connectivity index is 1.39. The van der Waals surface area contributed by atoms with Crippen molar-refractivity contribution in [3.8, 4) is 5.75 Å². The monoisotopic (exact) mass is 717 g/mol. The minimum atomic E-state index is -3.45.